The summed E-state index contributed by atoms with van der Waals surface area (Å²) in [5.74, 6) is 1.40. The van der Waals surface area contributed by atoms with Gasteiger partial charge in [0.2, 0.25) is 0 Å². The molecule has 7 heteroatoms. The van der Waals surface area contributed by atoms with Crippen molar-refractivity contribution < 1.29 is 9.15 Å². The van der Waals surface area contributed by atoms with Crippen LogP contribution < -0.4 is 20.5 Å². The molecule has 0 bridgehead atoms. The largest absolute Gasteiger partial charge is 0.497 e. The van der Waals surface area contributed by atoms with Gasteiger partial charge >= 0.3 is 0 Å². The first kappa shape index (κ1) is 22.8. The number of ether oxygens (including phenoxy) is 1. The molecular formula is C28H30N4O3. The Labute approximate surface area is 205 Å². The number of aryl methyl sites for hydroxylation is 2. The van der Waals surface area contributed by atoms with Gasteiger partial charge in [-0.2, -0.15) is 0 Å². The Morgan fingerprint density at radius 1 is 1.03 bits per heavy atom. The lowest BCUT2D eigenvalue weighted by Crippen LogP contribution is -2.29. The Morgan fingerprint density at radius 3 is 2.63 bits per heavy atom. The van der Waals surface area contributed by atoms with Crippen LogP contribution in [-0.4, -0.2) is 29.8 Å². The summed E-state index contributed by atoms with van der Waals surface area (Å²) in [4.78, 5) is 19.7. The van der Waals surface area contributed by atoms with E-state index in [2.05, 4.69) is 27.3 Å². The van der Waals surface area contributed by atoms with Gasteiger partial charge in [-0.05, 0) is 73.7 Å². The standard InChI is InChI=1S/C28H30N4O3/c1-19-9-10-23(34-3)17-25(19)30-28-29-18-26(35-28)21-14-20(24-8-7-11-31(2)27(24)33)15-22(16-21)32-12-5-4-6-13-32/h7-11,14-18H,4-6,12-13H2,1-3H3,(H,29,30). The smallest absolute Gasteiger partial charge is 0.299 e. The Hall–Kier alpha value is -4.00. The average Bonchev–Trinajstić information content (AvgIpc) is 3.36. The van der Waals surface area contributed by atoms with Gasteiger partial charge in [0.05, 0.1) is 13.3 Å². The number of oxazole rings is 1. The van der Waals surface area contributed by atoms with Gasteiger partial charge < -0.3 is 23.9 Å². The number of methoxy groups -OCH3 is 1. The average molecular weight is 471 g/mol. The van der Waals surface area contributed by atoms with Crippen LogP contribution in [0, 0.1) is 6.92 Å². The molecule has 1 saturated heterocycles. The van der Waals surface area contributed by atoms with Crippen molar-refractivity contribution in [3.05, 3.63) is 76.8 Å². The van der Waals surface area contributed by atoms with Crippen LogP contribution >= 0.6 is 0 Å². The number of benzene rings is 2. The predicted molar refractivity (Wildman–Crippen MR) is 140 cm³/mol. The minimum absolute atomic E-state index is 0.0253. The SMILES string of the molecule is COc1ccc(C)c(Nc2ncc(-c3cc(-c4cccn(C)c4=O)cc(N4CCCCC4)c3)o2)c1. The van der Waals surface area contributed by atoms with Gasteiger partial charge in [-0.25, -0.2) is 4.98 Å². The van der Waals surface area contributed by atoms with Gasteiger partial charge in [0.1, 0.15) is 5.75 Å². The summed E-state index contributed by atoms with van der Waals surface area (Å²) in [7, 11) is 3.42. The molecule has 3 heterocycles. The highest BCUT2D eigenvalue weighted by atomic mass is 16.5. The number of piperidine rings is 1. The molecule has 0 aliphatic carbocycles. The maximum absolute atomic E-state index is 12.9. The molecule has 35 heavy (non-hydrogen) atoms. The summed E-state index contributed by atoms with van der Waals surface area (Å²) in [6.07, 6.45) is 7.09. The van der Waals surface area contributed by atoms with E-state index in [1.54, 1.807) is 31.1 Å². The van der Waals surface area contributed by atoms with Gasteiger partial charge in [0.25, 0.3) is 11.6 Å². The Balaban J connectivity index is 1.53. The highest BCUT2D eigenvalue weighted by Gasteiger charge is 2.17. The lowest BCUT2D eigenvalue weighted by atomic mass is 10.0. The molecule has 1 fully saturated rings. The molecule has 0 unspecified atom stereocenters. The molecule has 1 N–H and O–H groups in total. The summed E-state index contributed by atoms with van der Waals surface area (Å²) in [6, 6.07) is 16.2. The van der Waals surface area contributed by atoms with Crippen molar-refractivity contribution in [2.24, 2.45) is 7.05 Å². The second-order valence-corrected chi connectivity index (χ2v) is 8.99. The number of rotatable bonds is 6. The van der Waals surface area contributed by atoms with Gasteiger partial charge in [-0.3, -0.25) is 4.79 Å². The minimum atomic E-state index is -0.0253. The van der Waals surface area contributed by atoms with Crippen molar-refractivity contribution in [1.82, 2.24) is 9.55 Å². The van der Waals surface area contributed by atoms with E-state index < -0.39 is 0 Å². The van der Waals surface area contributed by atoms with E-state index in [4.69, 9.17) is 9.15 Å². The van der Waals surface area contributed by atoms with Crippen LogP contribution in [0.1, 0.15) is 24.8 Å². The monoisotopic (exact) mass is 470 g/mol. The fourth-order valence-corrected chi connectivity index (χ4v) is 4.50. The molecule has 1 aliphatic heterocycles. The fraction of sp³-hybridized carbons (Fsp3) is 0.286. The predicted octanol–water partition coefficient (Wildman–Crippen LogP) is 5.76. The minimum Gasteiger partial charge on any atom is -0.497 e. The second kappa shape index (κ2) is 9.70. The third-order valence-electron chi connectivity index (χ3n) is 6.55. The second-order valence-electron chi connectivity index (χ2n) is 8.99. The van der Waals surface area contributed by atoms with Crippen molar-refractivity contribution in [1.29, 1.82) is 0 Å². The molecule has 0 spiro atoms. The lowest BCUT2D eigenvalue weighted by molar-refractivity contribution is 0.415. The van der Waals surface area contributed by atoms with Crippen molar-refractivity contribution >= 4 is 17.4 Å². The van der Waals surface area contributed by atoms with Gasteiger partial charge in [-0.1, -0.05) is 6.07 Å². The van der Waals surface area contributed by atoms with Crippen molar-refractivity contribution in [2.75, 3.05) is 30.4 Å². The number of hydrogen-bond donors (Lipinski definition) is 1. The number of pyridine rings is 1. The highest BCUT2D eigenvalue weighted by Crippen LogP contribution is 2.34. The first-order valence-electron chi connectivity index (χ1n) is 12.0. The molecule has 0 amide bonds. The quantitative estimate of drug-likeness (QED) is 0.386. The molecule has 4 aromatic rings. The fourth-order valence-electron chi connectivity index (χ4n) is 4.50. The van der Waals surface area contributed by atoms with E-state index in [1.165, 1.54) is 19.3 Å². The number of aromatic nitrogens is 2. The Morgan fingerprint density at radius 2 is 1.83 bits per heavy atom. The highest BCUT2D eigenvalue weighted by molar-refractivity contribution is 5.77. The van der Waals surface area contributed by atoms with E-state index in [1.807, 2.05) is 43.3 Å². The molecule has 2 aromatic heterocycles. The van der Waals surface area contributed by atoms with E-state index in [0.717, 1.165) is 46.9 Å². The molecule has 180 valence electrons. The van der Waals surface area contributed by atoms with Crippen LogP contribution in [0.3, 0.4) is 0 Å². The Kier molecular flexibility index (Phi) is 6.31. The molecule has 7 nitrogen and oxygen atoms in total. The van der Waals surface area contributed by atoms with Gasteiger partial charge in [0, 0.05) is 54.9 Å². The van der Waals surface area contributed by atoms with Gasteiger partial charge in [0.15, 0.2) is 5.76 Å². The lowest BCUT2D eigenvalue weighted by Gasteiger charge is -2.29. The first-order valence-corrected chi connectivity index (χ1v) is 12.0. The molecule has 5 rings (SSSR count). The topological polar surface area (TPSA) is 72.5 Å². The molecule has 0 saturated carbocycles. The maximum Gasteiger partial charge on any atom is 0.299 e. The van der Waals surface area contributed by atoms with Crippen LogP contribution in [0.5, 0.6) is 5.75 Å². The van der Waals surface area contributed by atoms with E-state index in [9.17, 15) is 4.79 Å². The van der Waals surface area contributed by atoms with Gasteiger partial charge in [-0.15, -0.1) is 0 Å². The zero-order chi connectivity index (χ0) is 24.4. The number of nitrogens with zero attached hydrogens (tertiary/aromatic N) is 3. The molecule has 2 aromatic carbocycles. The molecule has 0 radical (unpaired) electrons. The summed E-state index contributed by atoms with van der Waals surface area (Å²) in [5.41, 5.74) is 5.42. The summed E-state index contributed by atoms with van der Waals surface area (Å²) in [5, 5.41) is 3.26. The van der Waals surface area contributed by atoms with E-state index in [0.29, 0.717) is 17.3 Å². The van der Waals surface area contributed by atoms with Crippen LogP contribution in [0.4, 0.5) is 17.4 Å². The molecular weight excluding hydrogens is 440 g/mol. The van der Waals surface area contributed by atoms with Crippen molar-refractivity contribution in [3.63, 3.8) is 0 Å². The third-order valence-corrected chi connectivity index (χ3v) is 6.55. The third kappa shape index (κ3) is 4.80. The number of anilines is 3. The molecule has 0 atom stereocenters. The van der Waals surface area contributed by atoms with Crippen LogP contribution in [0.2, 0.25) is 0 Å². The first-order chi connectivity index (χ1) is 17.0. The summed E-state index contributed by atoms with van der Waals surface area (Å²) in [6.45, 7) is 4.03. The van der Waals surface area contributed by atoms with Crippen LogP contribution in [0.15, 0.2) is 70.1 Å². The number of hydrogen-bond acceptors (Lipinski definition) is 6. The van der Waals surface area contributed by atoms with Crippen LogP contribution in [-0.2, 0) is 7.05 Å². The van der Waals surface area contributed by atoms with Crippen molar-refractivity contribution in [2.45, 2.75) is 26.2 Å². The molecule has 1 aliphatic rings. The summed E-state index contributed by atoms with van der Waals surface area (Å²) >= 11 is 0. The van der Waals surface area contributed by atoms with Crippen molar-refractivity contribution in [3.8, 4) is 28.2 Å². The van der Waals surface area contributed by atoms with Crippen LogP contribution in [0.25, 0.3) is 22.5 Å². The number of nitrogens with one attached hydrogen (secondary N) is 1. The van der Waals surface area contributed by atoms with E-state index in [-0.39, 0.29) is 5.56 Å². The van der Waals surface area contributed by atoms with E-state index >= 15 is 0 Å². The summed E-state index contributed by atoms with van der Waals surface area (Å²) < 4.78 is 13.1. The maximum atomic E-state index is 12.9. The zero-order valence-electron chi connectivity index (χ0n) is 20.4. The normalized spacial score (nSPS) is 13.6. The zero-order valence-corrected chi connectivity index (χ0v) is 20.4. The Bertz CT molecular complexity index is 1400.